The third-order valence-electron chi connectivity index (χ3n) is 5.73. The quantitative estimate of drug-likeness (QED) is 0.263. The SMILES string of the molecule is Cc1ccc(S(=O)(=O)n2ccc3c(CCP(C)(C)=O)c(Oc4ccc(F)c(C#N)c4)c(F)cc32)cc1. The third-order valence-corrected chi connectivity index (χ3v) is 8.73. The standard InChI is InChI=1S/C26H23F2N2O4PS/c1-17-4-7-20(8-5-17)36(32,33)30-12-10-21-22(11-13-35(2,3)31)26(24(28)15-25(21)30)34-19-6-9-23(27)18(14-19)16-29/h4-10,12,14-15H,11,13H2,1-3H3. The fourth-order valence-corrected chi connectivity index (χ4v) is 5.92. The van der Waals surface area contributed by atoms with Crippen molar-refractivity contribution in [2.45, 2.75) is 18.2 Å². The molecule has 1 aromatic heterocycles. The number of rotatable bonds is 7. The summed E-state index contributed by atoms with van der Waals surface area (Å²) in [4.78, 5) is 0.0508. The number of ether oxygens (including phenoxy) is 1. The zero-order valence-electron chi connectivity index (χ0n) is 19.8. The van der Waals surface area contributed by atoms with Gasteiger partial charge in [0.05, 0.1) is 23.1 Å². The maximum absolute atomic E-state index is 15.5. The number of nitrogens with zero attached hydrogens (tertiary/aromatic N) is 2. The van der Waals surface area contributed by atoms with E-state index in [1.165, 1.54) is 24.4 Å². The van der Waals surface area contributed by atoms with Crippen molar-refractivity contribution < 1.29 is 26.5 Å². The highest BCUT2D eigenvalue weighted by molar-refractivity contribution is 7.90. The molecule has 36 heavy (non-hydrogen) atoms. The lowest BCUT2D eigenvalue weighted by Crippen LogP contribution is -2.12. The fourth-order valence-electron chi connectivity index (χ4n) is 3.82. The summed E-state index contributed by atoms with van der Waals surface area (Å²) < 4.78 is 75.2. The topological polar surface area (TPSA) is 89.2 Å². The summed E-state index contributed by atoms with van der Waals surface area (Å²) in [6.07, 6.45) is 1.72. The Morgan fingerprint density at radius 3 is 2.36 bits per heavy atom. The average Bonchev–Trinajstić information content (AvgIpc) is 3.24. The van der Waals surface area contributed by atoms with E-state index in [0.717, 1.165) is 27.7 Å². The molecule has 0 N–H and O–H groups in total. The first-order chi connectivity index (χ1) is 16.9. The summed E-state index contributed by atoms with van der Waals surface area (Å²) in [5, 5.41) is 9.53. The number of fused-ring (bicyclic) bond motifs is 1. The van der Waals surface area contributed by atoms with Crippen molar-refractivity contribution in [3.8, 4) is 17.6 Å². The molecule has 0 aliphatic rings. The number of hydrogen-bond acceptors (Lipinski definition) is 5. The number of nitriles is 1. The van der Waals surface area contributed by atoms with Gasteiger partial charge in [-0.1, -0.05) is 17.7 Å². The van der Waals surface area contributed by atoms with Crippen LogP contribution in [0.3, 0.4) is 0 Å². The van der Waals surface area contributed by atoms with Gasteiger partial charge in [-0.2, -0.15) is 5.26 Å². The predicted octanol–water partition coefficient (Wildman–Crippen LogP) is 6.29. The molecule has 0 saturated heterocycles. The molecular formula is C26H23F2N2O4PS. The maximum atomic E-state index is 15.5. The van der Waals surface area contributed by atoms with Crippen LogP contribution in [0.1, 0.15) is 16.7 Å². The van der Waals surface area contributed by atoms with Gasteiger partial charge >= 0.3 is 0 Å². The number of hydrogen-bond donors (Lipinski definition) is 0. The van der Waals surface area contributed by atoms with Crippen LogP contribution in [-0.2, 0) is 21.0 Å². The summed E-state index contributed by atoms with van der Waals surface area (Å²) in [6, 6.07) is 14.1. The minimum absolute atomic E-state index is 0.0374. The molecule has 0 bridgehead atoms. The Balaban J connectivity index is 1.89. The molecule has 186 valence electrons. The molecule has 0 saturated carbocycles. The van der Waals surface area contributed by atoms with Gasteiger partial charge in [-0.25, -0.2) is 21.2 Å². The summed E-state index contributed by atoms with van der Waals surface area (Å²) in [5.41, 5.74) is 1.06. The van der Waals surface area contributed by atoms with E-state index in [1.807, 2.05) is 6.92 Å². The highest BCUT2D eigenvalue weighted by atomic mass is 32.2. The molecule has 0 radical (unpaired) electrons. The Bertz CT molecular complexity index is 1670. The average molecular weight is 529 g/mol. The van der Waals surface area contributed by atoms with Crippen LogP contribution in [0.15, 0.2) is 65.7 Å². The molecule has 0 unspecified atom stereocenters. The van der Waals surface area contributed by atoms with Crippen molar-refractivity contribution in [2.24, 2.45) is 0 Å². The maximum Gasteiger partial charge on any atom is 0.268 e. The molecule has 0 spiro atoms. The Labute approximate surface area is 208 Å². The van der Waals surface area contributed by atoms with Gasteiger partial charge in [0.2, 0.25) is 0 Å². The Morgan fingerprint density at radius 2 is 1.72 bits per heavy atom. The van der Waals surface area contributed by atoms with E-state index in [4.69, 9.17) is 10.00 Å². The summed E-state index contributed by atoms with van der Waals surface area (Å²) in [7, 11) is -6.54. The molecule has 0 fully saturated rings. The van der Waals surface area contributed by atoms with E-state index < -0.39 is 28.8 Å². The largest absolute Gasteiger partial charge is 0.454 e. The highest BCUT2D eigenvalue weighted by Crippen LogP contribution is 2.41. The normalized spacial score (nSPS) is 12.0. The van der Waals surface area contributed by atoms with Crippen LogP contribution in [0, 0.1) is 29.9 Å². The fraction of sp³-hybridized carbons (Fsp3) is 0.192. The van der Waals surface area contributed by atoms with Crippen molar-refractivity contribution in [3.63, 3.8) is 0 Å². The van der Waals surface area contributed by atoms with Crippen molar-refractivity contribution in [1.29, 1.82) is 5.26 Å². The van der Waals surface area contributed by atoms with E-state index in [9.17, 15) is 17.4 Å². The summed E-state index contributed by atoms with van der Waals surface area (Å²) in [5.74, 6) is -1.74. The van der Waals surface area contributed by atoms with E-state index >= 15 is 4.39 Å². The van der Waals surface area contributed by atoms with E-state index in [-0.39, 0.29) is 40.1 Å². The van der Waals surface area contributed by atoms with Crippen molar-refractivity contribution in [3.05, 3.63) is 89.1 Å². The number of halogens is 2. The molecule has 0 aliphatic carbocycles. The molecule has 0 atom stereocenters. The molecule has 6 nitrogen and oxygen atoms in total. The van der Waals surface area contributed by atoms with Crippen LogP contribution in [0.5, 0.6) is 11.5 Å². The molecule has 4 aromatic rings. The van der Waals surface area contributed by atoms with Crippen molar-refractivity contribution in [1.82, 2.24) is 3.97 Å². The van der Waals surface area contributed by atoms with Gasteiger partial charge in [-0.3, -0.25) is 0 Å². The summed E-state index contributed by atoms with van der Waals surface area (Å²) in [6.45, 7) is 5.05. The molecule has 4 rings (SSSR count). The van der Waals surface area contributed by atoms with Gasteiger partial charge in [-0.15, -0.1) is 0 Å². The molecule has 0 amide bonds. The smallest absolute Gasteiger partial charge is 0.268 e. The van der Waals surface area contributed by atoms with Gasteiger partial charge < -0.3 is 9.30 Å². The lowest BCUT2D eigenvalue weighted by molar-refractivity contribution is 0.437. The van der Waals surface area contributed by atoms with Gasteiger partial charge in [0.1, 0.15) is 17.6 Å². The van der Waals surface area contributed by atoms with Gasteiger partial charge in [0.15, 0.2) is 11.6 Å². The molecule has 1 heterocycles. The zero-order chi connectivity index (χ0) is 26.3. The first kappa shape index (κ1) is 25.6. The van der Waals surface area contributed by atoms with Gasteiger partial charge in [-0.05, 0) is 57.0 Å². The predicted molar refractivity (Wildman–Crippen MR) is 135 cm³/mol. The Kier molecular flexibility index (Phi) is 6.78. The lowest BCUT2D eigenvalue weighted by atomic mass is 10.1. The second-order valence-corrected chi connectivity index (χ2v) is 14.3. The van der Waals surface area contributed by atoms with E-state index in [2.05, 4.69) is 0 Å². The Morgan fingerprint density at radius 1 is 1.03 bits per heavy atom. The van der Waals surface area contributed by atoms with Crippen LogP contribution < -0.4 is 4.74 Å². The molecule has 3 aromatic carbocycles. The Hall–Kier alpha value is -3.47. The highest BCUT2D eigenvalue weighted by Gasteiger charge is 2.25. The third kappa shape index (κ3) is 5.06. The van der Waals surface area contributed by atoms with Crippen LogP contribution in [-0.4, -0.2) is 31.9 Å². The minimum Gasteiger partial charge on any atom is -0.454 e. The number of benzene rings is 3. The first-order valence-corrected chi connectivity index (χ1v) is 15.2. The van der Waals surface area contributed by atoms with Gasteiger partial charge in [0.25, 0.3) is 10.0 Å². The van der Waals surface area contributed by atoms with Gasteiger partial charge in [0, 0.05) is 35.4 Å². The van der Waals surface area contributed by atoms with Crippen LogP contribution in [0.2, 0.25) is 0 Å². The second kappa shape index (κ2) is 9.53. The van der Waals surface area contributed by atoms with Crippen LogP contribution >= 0.6 is 7.14 Å². The second-order valence-electron chi connectivity index (χ2n) is 8.93. The monoisotopic (exact) mass is 528 g/mol. The molecular weight excluding hydrogens is 505 g/mol. The number of aromatic nitrogens is 1. The van der Waals surface area contributed by atoms with Crippen LogP contribution in [0.4, 0.5) is 8.78 Å². The van der Waals surface area contributed by atoms with E-state index in [1.54, 1.807) is 37.6 Å². The summed E-state index contributed by atoms with van der Waals surface area (Å²) >= 11 is 0. The number of aryl methyl sites for hydroxylation is 2. The van der Waals surface area contributed by atoms with Crippen LogP contribution in [0.25, 0.3) is 10.9 Å². The van der Waals surface area contributed by atoms with E-state index in [0.29, 0.717) is 10.9 Å². The minimum atomic E-state index is -4.02. The first-order valence-electron chi connectivity index (χ1n) is 11.0. The molecule has 10 heteroatoms. The van der Waals surface area contributed by atoms with Crippen molar-refractivity contribution in [2.75, 3.05) is 19.5 Å². The van der Waals surface area contributed by atoms with Crippen molar-refractivity contribution >= 4 is 28.1 Å². The molecule has 0 aliphatic heterocycles. The zero-order valence-corrected chi connectivity index (χ0v) is 21.5. The lowest BCUT2D eigenvalue weighted by Gasteiger charge is -2.16.